The Bertz CT molecular complexity index is 824. The van der Waals surface area contributed by atoms with Crippen LogP contribution in [-0.4, -0.2) is 18.4 Å². The molecule has 0 atom stereocenters. The molecule has 0 heterocycles. The Morgan fingerprint density at radius 2 is 2.00 bits per heavy atom. The summed E-state index contributed by atoms with van der Waals surface area (Å²) in [4.78, 5) is 23.7. The number of rotatable bonds is 7. The van der Waals surface area contributed by atoms with Crippen LogP contribution in [0.3, 0.4) is 0 Å². The normalized spacial score (nSPS) is 13.2. The maximum atomic E-state index is 13.0. The molecule has 136 valence electrons. The van der Waals surface area contributed by atoms with Crippen LogP contribution in [0.1, 0.15) is 18.4 Å². The molecule has 26 heavy (non-hydrogen) atoms. The smallest absolute Gasteiger partial charge is 0.258 e. The summed E-state index contributed by atoms with van der Waals surface area (Å²) in [5, 5.41) is 5.70. The molecule has 5 nitrogen and oxygen atoms in total. The summed E-state index contributed by atoms with van der Waals surface area (Å²) in [6, 6.07) is 11.0. The van der Waals surface area contributed by atoms with Gasteiger partial charge in [0, 0.05) is 18.2 Å². The van der Waals surface area contributed by atoms with Crippen molar-refractivity contribution in [2.45, 2.75) is 19.4 Å². The van der Waals surface area contributed by atoms with Gasteiger partial charge in [-0.05, 0) is 48.7 Å². The van der Waals surface area contributed by atoms with Gasteiger partial charge >= 0.3 is 0 Å². The van der Waals surface area contributed by atoms with Crippen LogP contribution in [0, 0.1) is 11.7 Å². The maximum absolute atomic E-state index is 13.0. The van der Waals surface area contributed by atoms with Crippen LogP contribution in [0.2, 0.25) is 5.02 Å². The van der Waals surface area contributed by atoms with Gasteiger partial charge in [0.25, 0.3) is 5.91 Å². The second-order valence-corrected chi connectivity index (χ2v) is 6.51. The number of nitrogens with one attached hydrogen (secondary N) is 2. The maximum Gasteiger partial charge on any atom is 0.258 e. The molecule has 0 aromatic heterocycles. The second-order valence-electron chi connectivity index (χ2n) is 6.10. The van der Waals surface area contributed by atoms with E-state index < -0.39 is 5.82 Å². The lowest BCUT2D eigenvalue weighted by Crippen LogP contribution is -2.28. The zero-order chi connectivity index (χ0) is 18.5. The number of anilines is 1. The van der Waals surface area contributed by atoms with E-state index in [1.807, 2.05) is 24.3 Å². The Labute approximate surface area is 155 Å². The van der Waals surface area contributed by atoms with Crippen LogP contribution in [-0.2, 0) is 16.1 Å². The van der Waals surface area contributed by atoms with E-state index in [2.05, 4.69) is 10.6 Å². The monoisotopic (exact) mass is 376 g/mol. The molecule has 0 radical (unpaired) electrons. The number of hydrogen-bond donors (Lipinski definition) is 2. The lowest BCUT2D eigenvalue weighted by molar-refractivity contribution is -0.123. The van der Waals surface area contributed by atoms with Crippen molar-refractivity contribution in [2.24, 2.45) is 5.92 Å². The van der Waals surface area contributed by atoms with Crippen LogP contribution < -0.4 is 15.4 Å². The molecule has 1 fully saturated rings. The standard InChI is InChI=1S/C19H18ClFN2O3/c20-16-9-14(21)6-7-17(16)26-11-18(24)22-10-12-2-1-3-15(8-12)23-19(25)13-4-5-13/h1-3,6-9,13H,4-5,10-11H2,(H,22,24)(H,23,25). The molecule has 0 spiro atoms. The van der Waals surface area contributed by atoms with Crippen molar-refractivity contribution in [3.05, 3.63) is 58.9 Å². The number of carbonyl (C=O) groups is 2. The van der Waals surface area contributed by atoms with E-state index in [0.717, 1.165) is 24.5 Å². The van der Waals surface area contributed by atoms with Crippen LogP contribution in [0.15, 0.2) is 42.5 Å². The van der Waals surface area contributed by atoms with Crippen LogP contribution >= 0.6 is 11.6 Å². The van der Waals surface area contributed by atoms with Crippen molar-refractivity contribution in [2.75, 3.05) is 11.9 Å². The summed E-state index contributed by atoms with van der Waals surface area (Å²) >= 11 is 5.84. The molecule has 7 heteroatoms. The van der Waals surface area contributed by atoms with Gasteiger partial charge in [-0.25, -0.2) is 4.39 Å². The first-order chi connectivity index (χ1) is 12.5. The minimum Gasteiger partial charge on any atom is -0.482 e. The van der Waals surface area contributed by atoms with E-state index in [4.69, 9.17) is 16.3 Å². The van der Waals surface area contributed by atoms with Crippen LogP contribution in [0.5, 0.6) is 5.75 Å². The zero-order valence-corrected chi connectivity index (χ0v) is 14.7. The van der Waals surface area contributed by atoms with Crippen molar-refractivity contribution in [3.8, 4) is 5.75 Å². The third-order valence-electron chi connectivity index (χ3n) is 3.89. The lowest BCUT2D eigenvalue weighted by atomic mass is 10.2. The highest BCUT2D eigenvalue weighted by atomic mass is 35.5. The minimum absolute atomic E-state index is 0.0377. The zero-order valence-electron chi connectivity index (χ0n) is 13.9. The number of ether oxygens (including phenoxy) is 1. The van der Waals surface area contributed by atoms with Gasteiger partial charge in [-0.15, -0.1) is 0 Å². The van der Waals surface area contributed by atoms with Crippen LogP contribution in [0.25, 0.3) is 0 Å². The third kappa shape index (κ3) is 5.20. The quantitative estimate of drug-likeness (QED) is 0.776. The molecule has 2 aromatic rings. The average molecular weight is 377 g/mol. The molecule has 0 saturated heterocycles. The van der Waals surface area contributed by atoms with E-state index in [9.17, 15) is 14.0 Å². The van der Waals surface area contributed by atoms with Gasteiger partial charge in [0.1, 0.15) is 11.6 Å². The Morgan fingerprint density at radius 1 is 1.19 bits per heavy atom. The van der Waals surface area contributed by atoms with E-state index in [1.54, 1.807) is 0 Å². The molecular weight excluding hydrogens is 359 g/mol. The van der Waals surface area contributed by atoms with Crippen molar-refractivity contribution in [1.82, 2.24) is 5.32 Å². The van der Waals surface area contributed by atoms with E-state index >= 15 is 0 Å². The molecular formula is C19H18ClFN2O3. The molecule has 2 aromatic carbocycles. The first kappa shape index (κ1) is 18.2. The molecule has 2 amide bonds. The van der Waals surface area contributed by atoms with Gasteiger partial charge < -0.3 is 15.4 Å². The first-order valence-corrected chi connectivity index (χ1v) is 8.63. The summed E-state index contributed by atoms with van der Waals surface area (Å²) in [5.74, 6) is -0.393. The fourth-order valence-electron chi connectivity index (χ4n) is 2.34. The van der Waals surface area contributed by atoms with Gasteiger partial charge in [0.05, 0.1) is 5.02 Å². The summed E-state index contributed by atoms with van der Waals surface area (Å²) in [7, 11) is 0. The highest BCUT2D eigenvalue weighted by Gasteiger charge is 2.29. The Balaban J connectivity index is 1.47. The highest BCUT2D eigenvalue weighted by Crippen LogP contribution is 2.30. The summed E-state index contributed by atoms with van der Waals surface area (Å²) < 4.78 is 18.3. The number of hydrogen-bond acceptors (Lipinski definition) is 3. The summed E-state index contributed by atoms with van der Waals surface area (Å²) in [6.45, 7) is 0.0654. The molecule has 0 aliphatic heterocycles. The fourth-order valence-corrected chi connectivity index (χ4v) is 2.56. The lowest BCUT2D eigenvalue weighted by Gasteiger charge is -2.10. The van der Waals surface area contributed by atoms with Gasteiger partial charge in [0.2, 0.25) is 5.91 Å². The summed E-state index contributed by atoms with van der Waals surface area (Å²) in [6.07, 6.45) is 1.89. The molecule has 2 N–H and O–H groups in total. The highest BCUT2D eigenvalue weighted by molar-refractivity contribution is 6.32. The minimum atomic E-state index is -0.472. The predicted octanol–water partition coefficient (Wildman–Crippen LogP) is 3.52. The fraction of sp³-hybridized carbons (Fsp3) is 0.263. The average Bonchev–Trinajstić information content (AvgIpc) is 3.45. The van der Waals surface area contributed by atoms with Crippen LogP contribution in [0.4, 0.5) is 10.1 Å². The number of benzene rings is 2. The SMILES string of the molecule is O=C(COc1ccc(F)cc1Cl)NCc1cccc(NC(=O)C2CC2)c1. The van der Waals surface area contributed by atoms with Crippen molar-refractivity contribution < 1.29 is 18.7 Å². The number of carbonyl (C=O) groups excluding carboxylic acids is 2. The van der Waals surface area contributed by atoms with E-state index in [-0.39, 0.29) is 35.1 Å². The van der Waals surface area contributed by atoms with Gasteiger partial charge in [-0.3, -0.25) is 9.59 Å². The van der Waals surface area contributed by atoms with Crippen molar-refractivity contribution in [1.29, 1.82) is 0 Å². The Morgan fingerprint density at radius 3 is 2.73 bits per heavy atom. The molecule has 1 aliphatic rings. The topological polar surface area (TPSA) is 67.4 Å². The van der Waals surface area contributed by atoms with Crippen molar-refractivity contribution >= 4 is 29.1 Å². The third-order valence-corrected chi connectivity index (χ3v) is 4.18. The largest absolute Gasteiger partial charge is 0.482 e. The first-order valence-electron chi connectivity index (χ1n) is 8.25. The molecule has 0 unspecified atom stereocenters. The van der Waals surface area contributed by atoms with Crippen molar-refractivity contribution in [3.63, 3.8) is 0 Å². The molecule has 0 bridgehead atoms. The van der Waals surface area contributed by atoms with E-state index in [1.165, 1.54) is 12.1 Å². The van der Waals surface area contributed by atoms with Gasteiger partial charge in [0.15, 0.2) is 6.61 Å². The summed E-state index contributed by atoms with van der Waals surface area (Å²) in [5.41, 5.74) is 1.56. The molecule has 1 saturated carbocycles. The van der Waals surface area contributed by atoms with E-state index in [0.29, 0.717) is 12.2 Å². The number of halogens is 2. The Hall–Kier alpha value is -2.60. The molecule has 1 aliphatic carbocycles. The predicted molar refractivity (Wildman–Crippen MR) is 96.5 cm³/mol. The molecule has 3 rings (SSSR count). The second kappa shape index (κ2) is 8.19. The number of amides is 2. The van der Waals surface area contributed by atoms with Gasteiger partial charge in [-0.1, -0.05) is 23.7 Å². The Kier molecular flexibility index (Phi) is 5.73. The van der Waals surface area contributed by atoms with Gasteiger partial charge in [-0.2, -0.15) is 0 Å².